The number of benzene rings is 1. The highest BCUT2D eigenvalue weighted by Crippen LogP contribution is 2.60. The van der Waals surface area contributed by atoms with Gasteiger partial charge in [-0.3, -0.25) is 14.4 Å². The molecule has 0 radical (unpaired) electrons. The minimum atomic E-state index is -1.33. The standard InChI is InChI=1S/C15H12ClNO4/c1-2-7-21-14(20)15-8-11(15)12(18)17(13(15)19)10-5-3-9(16)4-6-10/h2-6,11H,1,7-8H2. The molecular weight excluding hydrogens is 294 g/mol. The smallest absolute Gasteiger partial charge is 0.322 e. The SMILES string of the molecule is C=CCOC(=O)C12CC1C(=O)N(c1ccc(Cl)cc1)C2=O. The number of ether oxygens (including phenoxy) is 1. The molecule has 2 unspecified atom stereocenters. The number of carbonyl (C=O) groups is 3. The van der Waals surface area contributed by atoms with Gasteiger partial charge in [0, 0.05) is 5.02 Å². The van der Waals surface area contributed by atoms with Crippen LogP contribution < -0.4 is 4.90 Å². The summed E-state index contributed by atoms with van der Waals surface area (Å²) in [5, 5.41) is 0.503. The van der Waals surface area contributed by atoms with E-state index in [9.17, 15) is 14.4 Å². The van der Waals surface area contributed by atoms with Gasteiger partial charge in [-0.2, -0.15) is 0 Å². The van der Waals surface area contributed by atoms with E-state index in [1.165, 1.54) is 6.08 Å². The zero-order valence-corrected chi connectivity index (χ0v) is 11.8. The maximum absolute atomic E-state index is 12.5. The fourth-order valence-corrected chi connectivity index (χ4v) is 2.79. The molecule has 1 aromatic rings. The molecule has 108 valence electrons. The van der Waals surface area contributed by atoms with E-state index in [0.717, 1.165) is 4.90 Å². The van der Waals surface area contributed by atoms with Crippen molar-refractivity contribution in [3.63, 3.8) is 0 Å². The molecule has 1 heterocycles. The maximum atomic E-state index is 12.5. The summed E-state index contributed by atoms with van der Waals surface area (Å²) in [6, 6.07) is 6.32. The molecule has 0 aromatic heterocycles. The quantitative estimate of drug-likeness (QED) is 0.369. The zero-order chi connectivity index (χ0) is 15.2. The molecule has 0 spiro atoms. The minimum absolute atomic E-state index is 0.0235. The summed E-state index contributed by atoms with van der Waals surface area (Å²) in [4.78, 5) is 37.9. The average molecular weight is 306 g/mol. The molecule has 1 aliphatic carbocycles. The van der Waals surface area contributed by atoms with Crippen LogP contribution in [0, 0.1) is 11.3 Å². The Morgan fingerprint density at radius 2 is 2.10 bits per heavy atom. The van der Waals surface area contributed by atoms with Crippen LogP contribution in [0.1, 0.15) is 6.42 Å². The molecule has 6 heteroatoms. The summed E-state index contributed by atoms with van der Waals surface area (Å²) < 4.78 is 4.96. The van der Waals surface area contributed by atoms with E-state index < -0.39 is 23.2 Å². The van der Waals surface area contributed by atoms with Gasteiger partial charge < -0.3 is 4.74 Å². The number of hydrogen-bond donors (Lipinski definition) is 0. The third-order valence-corrected chi connectivity index (χ3v) is 4.10. The number of piperidine rings is 1. The molecule has 5 nitrogen and oxygen atoms in total. The molecule has 1 aromatic carbocycles. The molecule has 0 N–H and O–H groups in total. The van der Waals surface area contributed by atoms with Gasteiger partial charge in [-0.15, -0.1) is 0 Å². The first-order valence-electron chi connectivity index (χ1n) is 6.44. The van der Waals surface area contributed by atoms with E-state index in [0.29, 0.717) is 10.7 Å². The Kier molecular flexibility index (Phi) is 3.10. The number of carbonyl (C=O) groups excluding carboxylic acids is 3. The lowest BCUT2D eigenvalue weighted by Gasteiger charge is -2.18. The van der Waals surface area contributed by atoms with Crippen molar-refractivity contribution in [2.24, 2.45) is 11.3 Å². The number of amides is 2. The van der Waals surface area contributed by atoms with Crippen LogP contribution in [0.2, 0.25) is 5.02 Å². The predicted molar refractivity (Wildman–Crippen MR) is 75.6 cm³/mol. The normalized spacial score (nSPS) is 26.5. The fraction of sp³-hybridized carbons (Fsp3) is 0.267. The van der Waals surface area contributed by atoms with Crippen LogP contribution in [0.3, 0.4) is 0 Å². The highest BCUT2D eigenvalue weighted by molar-refractivity contribution is 6.33. The minimum Gasteiger partial charge on any atom is -0.461 e. The Hall–Kier alpha value is -2.14. The second kappa shape index (κ2) is 4.70. The zero-order valence-electron chi connectivity index (χ0n) is 11.0. The summed E-state index contributed by atoms with van der Waals surface area (Å²) >= 11 is 5.79. The Morgan fingerprint density at radius 1 is 1.43 bits per heavy atom. The Morgan fingerprint density at radius 3 is 2.71 bits per heavy atom. The summed E-state index contributed by atoms with van der Waals surface area (Å²) in [5.41, 5.74) is -0.919. The highest BCUT2D eigenvalue weighted by Gasteiger charge is 2.77. The number of rotatable bonds is 4. The van der Waals surface area contributed by atoms with Crippen LogP contribution in [-0.2, 0) is 19.1 Å². The Bertz CT molecular complexity index is 654. The van der Waals surface area contributed by atoms with Gasteiger partial charge in [0.25, 0.3) is 5.91 Å². The van der Waals surface area contributed by atoms with Gasteiger partial charge >= 0.3 is 5.97 Å². The van der Waals surface area contributed by atoms with Crippen LogP contribution in [0.5, 0.6) is 0 Å². The Balaban J connectivity index is 1.89. The van der Waals surface area contributed by atoms with Crippen molar-refractivity contribution in [1.29, 1.82) is 0 Å². The first-order valence-corrected chi connectivity index (χ1v) is 6.82. The number of esters is 1. The van der Waals surface area contributed by atoms with Crippen molar-refractivity contribution >= 4 is 35.1 Å². The van der Waals surface area contributed by atoms with Crippen molar-refractivity contribution in [2.75, 3.05) is 11.5 Å². The van der Waals surface area contributed by atoms with Gasteiger partial charge in [0.1, 0.15) is 6.61 Å². The number of nitrogens with zero attached hydrogens (tertiary/aromatic N) is 1. The van der Waals surface area contributed by atoms with Crippen molar-refractivity contribution in [3.8, 4) is 0 Å². The average Bonchev–Trinajstić information content (AvgIpc) is 3.19. The number of fused-ring (bicyclic) bond motifs is 1. The van der Waals surface area contributed by atoms with Crippen LogP contribution in [0.25, 0.3) is 0 Å². The Labute approximate surface area is 126 Å². The highest BCUT2D eigenvalue weighted by atomic mass is 35.5. The third kappa shape index (κ3) is 1.88. The second-order valence-corrected chi connectivity index (χ2v) is 5.51. The van der Waals surface area contributed by atoms with Crippen molar-refractivity contribution < 1.29 is 19.1 Å². The molecule has 2 fully saturated rings. The maximum Gasteiger partial charge on any atom is 0.322 e. The van der Waals surface area contributed by atoms with E-state index >= 15 is 0 Å². The molecule has 2 amide bonds. The molecule has 1 aliphatic heterocycles. The van der Waals surface area contributed by atoms with Gasteiger partial charge in [-0.25, -0.2) is 4.90 Å². The number of imide groups is 1. The third-order valence-electron chi connectivity index (χ3n) is 3.85. The van der Waals surface area contributed by atoms with Crippen LogP contribution in [0.4, 0.5) is 5.69 Å². The largest absolute Gasteiger partial charge is 0.461 e. The molecule has 2 aliphatic rings. The van der Waals surface area contributed by atoms with Crippen molar-refractivity contribution in [3.05, 3.63) is 41.9 Å². The van der Waals surface area contributed by atoms with Crippen molar-refractivity contribution in [2.45, 2.75) is 6.42 Å². The molecular formula is C15H12ClNO4. The molecule has 0 bridgehead atoms. The first-order chi connectivity index (χ1) is 10.0. The van der Waals surface area contributed by atoms with Crippen LogP contribution in [-0.4, -0.2) is 24.4 Å². The summed E-state index contributed by atoms with van der Waals surface area (Å²) in [7, 11) is 0. The molecule has 21 heavy (non-hydrogen) atoms. The lowest BCUT2D eigenvalue weighted by atomic mass is 10.1. The van der Waals surface area contributed by atoms with Gasteiger partial charge in [0.05, 0.1) is 11.6 Å². The van der Waals surface area contributed by atoms with Crippen LogP contribution >= 0.6 is 11.6 Å². The number of hydrogen-bond acceptors (Lipinski definition) is 4. The van der Waals surface area contributed by atoms with E-state index in [2.05, 4.69) is 6.58 Å². The van der Waals surface area contributed by atoms with Gasteiger partial charge in [0.15, 0.2) is 5.41 Å². The first kappa shape index (κ1) is 13.8. The molecule has 3 rings (SSSR count). The van der Waals surface area contributed by atoms with E-state index in [1.807, 2.05) is 0 Å². The topological polar surface area (TPSA) is 63.7 Å². The molecule has 1 saturated carbocycles. The van der Waals surface area contributed by atoms with E-state index in [4.69, 9.17) is 16.3 Å². The monoisotopic (exact) mass is 305 g/mol. The number of halogens is 1. The molecule has 1 saturated heterocycles. The van der Waals surface area contributed by atoms with Crippen LogP contribution in [0.15, 0.2) is 36.9 Å². The second-order valence-electron chi connectivity index (χ2n) is 5.07. The number of anilines is 1. The summed E-state index contributed by atoms with van der Waals surface area (Å²) in [6.07, 6.45) is 1.65. The van der Waals surface area contributed by atoms with E-state index in [1.54, 1.807) is 24.3 Å². The predicted octanol–water partition coefficient (Wildman–Crippen LogP) is 1.95. The van der Waals surface area contributed by atoms with Gasteiger partial charge in [0.2, 0.25) is 5.91 Å². The van der Waals surface area contributed by atoms with Gasteiger partial charge in [-0.05, 0) is 30.7 Å². The summed E-state index contributed by atoms with van der Waals surface area (Å²) in [6.45, 7) is 3.47. The van der Waals surface area contributed by atoms with Gasteiger partial charge in [-0.1, -0.05) is 24.3 Å². The lowest BCUT2D eigenvalue weighted by molar-refractivity contribution is -0.152. The lowest BCUT2D eigenvalue weighted by Crippen LogP contribution is -2.38. The molecule has 2 atom stereocenters. The fourth-order valence-electron chi connectivity index (χ4n) is 2.66. The summed E-state index contributed by atoms with van der Waals surface area (Å²) in [5.74, 6) is -2.15. The van der Waals surface area contributed by atoms with E-state index in [-0.39, 0.29) is 18.9 Å². The van der Waals surface area contributed by atoms with Crippen molar-refractivity contribution in [1.82, 2.24) is 0 Å².